The first kappa shape index (κ1) is 28.1. The molecule has 1 heterocycles. The molecular weight excluding hydrogens is 565 g/mol. The van der Waals surface area contributed by atoms with Crippen LogP contribution in [0.5, 0.6) is 11.5 Å². The van der Waals surface area contributed by atoms with Crippen LogP contribution >= 0.6 is 8.16 Å². The highest BCUT2D eigenvalue weighted by Crippen LogP contribution is 2.48. The number of benzene rings is 6. The summed E-state index contributed by atoms with van der Waals surface area (Å²) in [5, 5.41) is 6.73. The largest absolute Gasteiger partial charge is 0.497 e. The second-order valence-corrected chi connectivity index (χ2v) is 12.3. The van der Waals surface area contributed by atoms with E-state index in [4.69, 9.17) is 17.9 Å². The number of rotatable bonds is 7. The highest BCUT2D eigenvalue weighted by molar-refractivity contribution is 7.39. The molecule has 220 valence electrons. The van der Waals surface area contributed by atoms with Crippen molar-refractivity contribution in [3.8, 4) is 11.5 Å². The lowest BCUT2D eigenvalue weighted by Gasteiger charge is -2.32. The summed E-state index contributed by atoms with van der Waals surface area (Å²) in [5.74, 6) is 1.65. The Hall–Kier alpha value is -4.70. The van der Waals surface area contributed by atoms with E-state index in [1.54, 1.807) is 14.2 Å². The molecule has 0 bridgehead atoms. The number of methoxy groups -OCH3 is 2. The fraction of sp³-hybridized carbons (Fsp3) is 0.158. The monoisotopic (exact) mass is 599 g/mol. The first-order chi connectivity index (χ1) is 21.6. The number of ether oxygens (including phenoxy) is 2. The van der Waals surface area contributed by atoms with Crippen LogP contribution < -0.4 is 14.1 Å². The molecule has 0 amide bonds. The molecule has 44 heavy (non-hydrogen) atoms. The standard InChI is InChI=1S/C38H34NO4P/c1-25(27-13-19-31(40-3)20-14-27)39(26(2)28-15-21-32(41-4)22-16-28)44-42-35-23-17-29-9-5-7-11-33(29)37(35)38-34-12-8-6-10-30(34)18-24-36(38)43-44/h5-26H,1-4H3/t25-,26-/m0/s1. The summed E-state index contributed by atoms with van der Waals surface area (Å²) in [6, 6.07) is 41.9. The Bertz CT molecular complexity index is 1990. The molecule has 0 aliphatic carbocycles. The zero-order valence-corrected chi connectivity index (χ0v) is 26.1. The molecule has 0 spiro atoms. The van der Waals surface area contributed by atoms with Crippen molar-refractivity contribution in [2.45, 2.75) is 25.9 Å². The number of nitrogens with zero attached hydrogens (tertiary/aromatic N) is 1. The van der Waals surface area contributed by atoms with Gasteiger partial charge in [0, 0.05) is 22.9 Å². The molecule has 7 aromatic rings. The predicted molar refractivity (Wildman–Crippen MR) is 182 cm³/mol. The van der Waals surface area contributed by atoms with Crippen molar-refractivity contribution in [2.75, 3.05) is 18.9 Å². The third-order valence-corrected chi connectivity index (χ3v) is 10.3. The van der Waals surface area contributed by atoms with Crippen LogP contribution in [0, 0.1) is 0 Å². The SMILES string of the molecule is COc1ccc([C@H](C)N([C@@H](C)c2ccc(OC)cc2)p2oc3ccc4ccccc4c3c3c(ccc4ccccc43)o2)cc1. The average Bonchev–Trinajstić information content (AvgIpc) is 3.25. The van der Waals surface area contributed by atoms with Gasteiger partial charge >= 0.3 is 8.16 Å². The second-order valence-electron chi connectivity index (χ2n) is 11.0. The minimum Gasteiger partial charge on any atom is -0.497 e. The van der Waals surface area contributed by atoms with Crippen LogP contribution in [0.4, 0.5) is 0 Å². The van der Waals surface area contributed by atoms with E-state index in [1.165, 1.54) is 0 Å². The number of hydrogen-bond donors (Lipinski definition) is 0. The average molecular weight is 600 g/mol. The van der Waals surface area contributed by atoms with Gasteiger partial charge < -0.3 is 17.9 Å². The molecule has 0 N–H and O–H groups in total. The van der Waals surface area contributed by atoms with E-state index in [2.05, 4.69) is 116 Å². The molecule has 0 aliphatic rings. The van der Waals surface area contributed by atoms with Crippen molar-refractivity contribution in [2.24, 2.45) is 0 Å². The Morgan fingerprint density at radius 2 is 0.932 bits per heavy atom. The van der Waals surface area contributed by atoms with E-state index in [1.807, 2.05) is 24.3 Å². The first-order valence-electron chi connectivity index (χ1n) is 14.8. The fourth-order valence-electron chi connectivity index (χ4n) is 6.14. The molecular formula is C38H34NO4P. The van der Waals surface area contributed by atoms with Crippen LogP contribution in [0.2, 0.25) is 0 Å². The van der Waals surface area contributed by atoms with Gasteiger partial charge in [0.05, 0.1) is 14.2 Å². The Balaban J connectivity index is 1.54. The van der Waals surface area contributed by atoms with E-state index in [-0.39, 0.29) is 12.1 Å². The maximum Gasteiger partial charge on any atom is 0.310 e. The van der Waals surface area contributed by atoms with Crippen molar-refractivity contribution in [1.29, 1.82) is 0 Å². The summed E-state index contributed by atoms with van der Waals surface area (Å²) in [6.45, 7) is 4.43. The molecule has 5 nitrogen and oxygen atoms in total. The number of fused-ring (bicyclic) bond motifs is 7. The molecule has 1 aromatic heterocycles. The molecule has 7 rings (SSSR count). The van der Waals surface area contributed by atoms with E-state index in [9.17, 15) is 0 Å². The lowest BCUT2D eigenvalue weighted by molar-refractivity contribution is 0.414. The summed E-state index contributed by atoms with van der Waals surface area (Å²) in [5.41, 5.74) is 3.92. The van der Waals surface area contributed by atoms with E-state index in [0.717, 1.165) is 66.1 Å². The second kappa shape index (κ2) is 11.8. The topological polar surface area (TPSA) is 48.0 Å². The molecule has 0 aliphatic heterocycles. The van der Waals surface area contributed by atoms with Gasteiger partial charge in [0.15, 0.2) is 0 Å². The van der Waals surface area contributed by atoms with Gasteiger partial charge in [-0.3, -0.25) is 0 Å². The minimum absolute atomic E-state index is 0.0463. The molecule has 0 saturated heterocycles. The quantitative estimate of drug-likeness (QED) is 0.182. The normalized spacial score (nSPS) is 13.0. The third kappa shape index (κ3) is 4.98. The van der Waals surface area contributed by atoms with Crippen LogP contribution in [0.15, 0.2) is 130 Å². The molecule has 2 atom stereocenters. The molecule has 0 unspecified atom stereocenters. The van der Waals surface area contributed by atoms with Gasteiger partial charge in [-0.05, 0) is 82.9 Å². The van der Waals surface area contributed by atoms with E-state index >= 15 is 0 Å². The summed E-state index contributed by atoms with van der Waals surface area (Å²) in [7, 11) is 1.76. The molecule has 0 fully saturated rings. The highest BCUT2D eigenvalue weighted by Gasteiger charge is 2.29. The van der Waals surface area contributed by atoms with Crippen LogP contribution in [0.25, 0.3) is 43.5 Å². The Labute approximate surface area is 257 Å². The van der Waals surface area contributed by atoms with Crippen molar-refractivity contribution >= 4 is 51.6 Å². The van der Waals surface area contributed by atoms with Crippen molar-refractivity contribution in [3.05, 3.63) is 132 Å². The van der Waals surface area contributed by atoms with Crippen LogP contribution in [-0.4, -0.2) is 14.2 Å². The predicted octanol–water partition coefficient (Wildman–Crippen LogP) is 11.1. The maximum absolute atomic E-state index is 7.05. The molecule has 6 heteroatoms. The zero-order chi connectivity index (χ0) is 30.2. The van der Waals surface area contributed by atoms with E-state index in [0.29, 0.717) is 0 Å². The van der Waals surface area contributed by atoms with Crippen molar-refractivity contribution < 1.29 is 17.9 Å². The van der Waals surface area contributed by atoms with Crippen LogP contribution in [0.1, 0.15) is 37.1 Å². The van der Waals surface area contributed by atoms with Crippen molar-refractivity contribution in [1.82, 2.24) is 0 Å². The van der Waals surface area contributed by atoms with Gasteiger partial charge in [0.1, 0.15) is 22.7 Å². The zero-order valence-electron chi connectivity index (χ0n) is 25.2. The van der Waals surface area contributed by atoms with Gasteiger partial charge in [-0.2, -0.15) is 4.67 Å². The molecule has 6 aromatic carbocycles. The smallest absolute Gasteiger partial charge is 0.310 e. The lowest BCUT2D eigenvalue weighted by atomic mass is 9.99. The Kier molecular flexibility index (Phi) is 7.51. The maximum atomic E-state index is 7.05. The number of hydrogen-bond acceptors (Lipinski definition) is 5. The fourth-order valence-corrected chi connectivity index (χ4v) is 7.84. The lowest BCUT2D eigenvalue weighted by Crippen LogP contribution is -2.27. The summed E-state index contributed by atoms with van der Waals surface area (Å²) < 4.78 is 27.4. The van der Waals surface area contributed by atoms with Gasteiger partial charge in [0.25, 0.3) is 0 Å². The Morgan fingerprint density at radius 1 is 0.523 bits per heavy atom. The summed E-state index contributed by atoms with van der Waals surface area (Å²) in [6.07, 6.45) is 0. The first-order valence-corrected chi connectivity index (χ1v) is 15.9. The highest BCUT2D eigenvalue weighted by atomic mass is 31.1. The Morgan fingerprint density at radius 3 is 1.34 bits per heavy atom. The molecule has 0 saturated carbocycles. The summed E-state index contributed by atoms with van der Waals surface area (Å²) >= 11 is 0. The molecule has 0 radical (unpaired) electrons. The van der Waals surface area contributed by atoms with Crippen LogP contribution in [-0.2, 0) is 0 Å². The third-order valence-electron chi connectivity index (χ3n) is 8.56. The van der Waals surface area contributed by atoms with Gasteiger partial charge in [0.2, 0.25) is 0 Å². The summed E-state index contributed by atoms with van der Waals surface area (Å²) in [4.78, 5) is 0. The van der Waals surface area contributed by atoms with Crippen molar-refractivity contribution in [3.63, 3.8) is 0 Å². The van der Waals surface area contributed by atoms with Gasteiger partial charge in [-0.15, -0.1) is 0 Å². The minimum atomic E-state index is -1.62. The van der Waals surface area contributed by atoms with Gasteiger partial charge in [-0.1, -0.05) is 84.9 Å². The van der Waals surface area contributed by atoms with E-state index < -0.39 is 8.16 Å². The van der Waals surface area contributed by atoms with Crippen LogP contribution in [0.3, 0.4) is 0 Å². The van der Waals surface area contributed by atoms with Gasteiger partial charge in [-0.25, -0.2) is 0 Å².